The smallest absolute Gasteiger partial charge is 0.172 e. The molecule has 0 saturated carbocycles. The number of phenolic OH excluding ortho intramolecular Hbond substituents is 1. The molecule has 0 atom stereocenters. The van der Waals surface area contributed by atoms with E-state index in [4.69, 9.17) is 9.26 Å². The molecular formula is C12H13BrN2O3. The lowest BCUT2D eigenvalue weighted by atomic mass is 10.2. The Bertz CT molecular complexity index is 514. The molecule has 0 bridgehead atoms. The van der Waals surface area contributed by atoms with Crippen LogP contribution in [-0.4, -0.2) is 17.4 Å². The van der Waals surface area contributed by atoms with E-state index in [-0.39, 0.29) is 5.75 Å². The van der Waals surface area contributed by atoms with Crippen molar-refractivity contribution in [2.75, 3.05) is 7.11 Å². The second-order valence-electron chi connectivity index (χ2n) is 3.71. The van der Waals surface area contributed by atoms with E-state index in [1.54, 1.807) is 18.3 Å². The summed E-state index contributed by atoms with van der Waals surface area (Å²) in [4.78, 5) is 0. The molecule has 0 saturated heterocycles. The number of methoxy groups -OCH3 is 1. The summed E-state index contributed by atoms with van der Waals surface area (Å²) >= 11 is 3.28. The van der Waals surface area contributed by atoms with E-state index < -0.39 is 0 Å². The largest absolute Gasteiger partial charge is 0.503 e. The maximum Gasteiger partial charge on any atom is 0.172 e. The van der Waals surface area contributed by atoms with Crippen LogP contribution in [0.3, 0.4) is 0 Å². The minimum Gasteiger partial charge on any atom is -0.503 e. The lowest BCUT2D eigenvalue weighted by Crippen LogP contribution is -2.12. The minimum atomic E-state index is 0.108. The summed E-state index contributed by atoms with van der Waals surface area (Å²) in [5, 5.41) is 16.5. The van der Waals surface area contributed by atoms with E-state index in [2.05, 4.69) is 26.4 Å². The van der Waals surface area contributed by atoms with Gasteiger partial charge in [-0.1, -0.05) is 5.16 Å². The van der Waals surface area contributed by atoms with Crippen molar-refractivity contribution in [2.24, 2.45) is 0 Å². The first-order chi connectivity index (χ1) is 8.70. The van der Waals surface area contributed by atoms with Crippen molar-refractivity contribution in [1.82, 2.24) is 10.5 Å². The average Bonchev–Trinajstić information content (AvgIpc) is 2.86. The highest BCUT2D eigenvalue weighted by Crippen LogP contribution is 2.35. The standard InChI is InChI=1S/C12H13BrN2O3/c1-17-11-5-8(4-10(13)12(11)16)6-14-7-9-2-3-15-18-9/h2-5,14,16H,6-7H2,1H3. The van der Waals surface area contributed by atoms with Gasteiger partial charge in [0.05, 0.1) is 24.3 Å². The molecule has 2 rings (SSSR count). The van der Waals surface area contributed by atoms with Crippen LogP contribution in [0.5, 0.6) is 11.5 Å². The van der Waals surface area contributed by atoms with Crippen molar-refractivity contribution in [3.05, 3.63) is 40.2 Å². The number of nitrogens with one attached hydrogen (secondary N) is 1. The number of hydrogen-bond donors (Lipinski definition) is 2. The Morgan fingerprint density at radius 3 is 2.94 bits per heavy atom. The summed E-state index contributed by atoms with van der Waals surface area (Å²) in [5.41, 5.74) is 0.996. The highest BCUT2D eigenvalue weighted by Gasteiger charge is 2.08. The number of aromatic hydroxyl groups is 1. The van der Waals surface area contributed by atoms with Gasteiger partial charge in [0.15, 0.2) is 11.5 Å². The molecule has 0 aliphatic heterocycles. The van der Waals surface area contributed by atoms with Gasteiger partial charge in [-0.05, 0) is 33.6 Å². The highest BCUT2D eigenvalue weighted by molar-refractivity contribution is 9.10. The third-order valence-corrected chi connectivity index (χ3v) is 3.03. The van der Waals surface area contributed by atoms with Crippen LogP contribution in [0.2, 0.25) is 0 Å². The fourth-order valence-corrected chi connectivity index (χ4v) is 2.04. The zero-order chi connectivity index (χ0) is 13.0. The summed E-state index contributed by atoms with van der Waals surface area (Å²) in [6, 6.07) is 5.43. The fourth-order valence-electron chi connectivity index (χ4n) is 1.55. The highest BCUT2D eigenvalue weighted by atomic mass is 79.9. The van der Waals surface area contributed by atoms with E-state index in [1.165, 1.54) is 7.11 Å². The van der Waals surface area contributed by atoms with Crippen molar-refractivity contribution < 1.29 is 14.4 Å². The van der Waals surface area contributed by atoms with Gasteiger partial charge in [-0.2, -0.15) is 0 Å². The summed E-state index contributed by atoms with van der Waals surface area (Å²) in [5.74, 6) is 1.33. The van der Waals surface area contributed by atoms with Crippen LogP contribution < -0.4 is 10.1 Å². The zero-order valence-corrected chi connectivity index (χ0v) is 11.4. The molecule has 2 aromatic rings. The van der Waals surface area contributed by atoms with Crippen molar-refractivity contribution in [2.45, 2.75) is 13.1 Å². The number of ether oxygens (including phenoxy) is 1. The molecule has 1 aromatic carbocycles. The first-order valence-corrected chi connectivity index (χ1v) is 6.15. The van der Waals surface area contributed by atoms with E-state index >= 15 is 0 Å². The summed E-state index contributed by atoms with van der Waals surface area (Å²) < 4.78 is 10.7. The number of aromatic nitrogens is 1. The summed E-state index contributed by atoms with van der Waals surface area (Å²) in [7, 11) is 1.52. The van der Waals surface area contributed by atoms with Crippen LogP contribution in [-0.2, 0) is 13.1 Å². The first kappa shape index (κ1) is 12.9. The molecule has 18 heavy (non-hydrogen) atoms. The molecule has 6 heteroatoms. The Morgan fingerprint density at radius 2 is 2.28 bits per heavy atom. The third kappa shape index (κ3) is 3.02. The maximum atomic E-state index is 9.68. The zero-order valence-electron chi connectivity index (χ0n) is 9.81. The minimum absolute atomic E-state index is 0.108. The molecule has 0 radical (unpaired) electrons. The molecular weight excluding hydrogens is 300 g/mol. The first-order valence-electron chi connectivity index (χ1n) is 5.36. The van der Waals surface area contributed by atoms with Gasteiger partial charge < -0.3 is 19.7 Å². The van der Waals surface area contributed by atoms with Crippen LogP contribution in [0.25, 0.3) is 0 Å². The van der Waals surface area contributed by atoms with Gasteiger partial charge in [-0.15, -0.1) is 0 Å². The molecule has 0 aliphatic rings. The van der Waals surface area contributed by atoms with Gasteiger partial charge >= 0.3 is 0 Å². The number of rotatable bonds is 5. The van der Waals surface area contributed by atoms with Crippen LogP contribution in [0, 0.1) is 0 Å². The molecule has 1 aromatic heterocycles. The third-order valence-electron chi connectivity index (χ3n) is 2.43. The van der Waals surface area contributed by atoms with Crippen molar-refractivity contribution >= 4 is 15.9 Å². The molecule has 2 N–H and O–H groups in total. The molecule has 0 aliphatic carbocycles. The second-order valence-corrected chi connectivity index (χ2v) is 4.57. The molecule has 0 fully saturated rings. The predicted molar refractivity (Wildman–Crippen MR) is 69.4 cm³/mol. The lowest BCUT2D eigenvalue weighted by molar-refractivity contribution is 0.369. The number of benzene rings is 1. The monoisotopic (exact) mass is 312 g/mol. The van der Waals surface area contributed by atoms with Gasteiger partial charge in [-0.25, -0.2) is 0 Å². The second kappa shape index (κ2) is 5.88. The Morgan fingerprint density at radius 1 is 1.44 bits per heavy atom. The van der Waals surface area contributed by atoms with Crippen LogP contribution in [0.4, 0.5) is 0 Å². The maximum absolute atomic E-state index is 9.68. The van der Waals surface area contributed by atoms with Gasteiger partial charge in [0, 0.05) is 12.6 Å². The number of halogens is 1. The lowest BCUT2D eigenvalue weighted by Gasteiger charge is -2.09. The Labute approximate surface area is 113 Å². The number of hydrogen-bond acceptors (Lipinski definition) is 5. The van der Waals surface area contributed by atoms with Crippen LogP contribution >= 0.6 is 15.9 Å². The van der Waals surface area contributed by atoms with E-state index in [0.717, 1.165) is 11.3 Å². The fraction of sp³-hybridized carbons (Fsp3) is 0.250. The summed E-state index contributed by atoms with van der Waals surface area (Å²) in [6.45, 7) is 1.23. The molecule has 1 heterocycles. The molecule has 0 unspecified atom stereocenters. The molecule has 0 spiro atoms. The van der Waals surface area contributed by atoms with Crippen LogP contribution in [0.15, 0.2) is 33.4 Å². The number of nitrogens with zero attached hydrogens (tertiary/aromatic N) is 1. The predicted octanol–water partition coefficient (Wildman–Crippen LogP) is 2.44. The van der Waals surface area contributed by atoms with Gasteiger partial charge in [0.1, 0.15) is 5.76 Å². The quantitative estimate of drug-likeness (QED) is 0.887. The molecule has 96 valence electrons. The Kier molecular flexibility index (Phi) is 4.22. The number of phenols is 1. The molecule has 0 amide bonds. The van der Waals surface area contributed by atoms with E-state index in [0.29, 0.717) is 23.3 Å². The van der Waals surface area contributed by atoms with Crippen molar-refractivity contribution in [3.8, 4) is 11.5 Å². The van der Waals surface area contributed by atoms with E-state index in [9.17, 15) is 5.11 Å². The Hall–Kier alpha value is -1.53. The average molecular weight is 313 g/mol. The van der Waals surface area contributed by atoms with Crippen molar-refractivity contribution in [1.29, 1.82) is 0 Å². The van der Waals surface area contributed by atoms with Gasteiger partial charge in [-0.3, -0.25) is 0 Å². The van der Waals surface area contributed by atoms with Crippen LogP contribution in [0.1, 0.15) is 11.3 Å². The SMILES string of the molecule is COc1cc(CNCc2ccno2)cc(Br)c1O. The Balaban J connectivity index is 1.99. The summed E-state index contributed by atoms with van der Waals surface area (Å²) in [6.07, 6.45) is 1.61. The van der Waals surface area contributed by atoms with Gasteiger partial charge in [0.2, 0.25) is 0 Å². The van der Waals surface area contributed by atoms with E-state index in [1.807, 2.05) is 6.07 Å². The normalized spacial score (nSPS) is 10.6. The molecule has 5 nitrogen and oxygen atoms in total. The topological polar surface area (TPSA) is 67.5 Å². The van der Waals surface area contributed by atoms with Crippen molar-refractivity contribution in [3.63, 3.8) is 0 Å². The van der Waals surface area contributed by atoms with Gasteiger partial charge in [0.25, 0.3) is 0 Å².